The Bertz CT molecular complexity index is 2960. The summed E-state index contributed by atoms with van der Waals surface area (Å²) in [6.07, 6.45) is 10.9. The first-order valence-electron chi connectivity index (χ1n) is 26.3. The molecular weight excluding hydrogens is 840 g/mol. The number of fused-ring (bicyclic) bond motifs is 8. The van der Waals surface area contributed by atoms with Crippen molar-refractivity contribution < 1.29 is 0 Å². The summed E-state index contributed by atoms with van der Waals surface area (Å²) >= 11 is 2.06. The average molecular weight is 921 g/mol. The summed E-state index contributed by atoms with van der Waals surface area (Å²) < 4.78 is 2.89. The Balaban J connectivity index is 1.33. The van der Waals surface area contributed by atoms with E-state index in [1.807, 2.05) is 0 Å². The van der Waals surface area contributed by atoms with Crippen LogP contribution in [0.4, 0.5) is 22.7 Å². The molecule has 0 amide bonds. The van der Waals surface area contributed by atoms with E-state index in [2.05, 4.69) is 231 Å². The quantitative estimate of drug-likeness (QED) is 0.131. The number of benzene rings is 4. The molecule has 2 nitrogen and oxygen atoms in total. The number of rotatable bonds is 3. The lowest BCUT2D eigenvalue weighted by molar-refractivity contribution is 0.332. The molecule has 0 radical (unpaired) electrons. The second kappa shape index (κ2) is 15.6. The van der Waals surface area contributed by atoms with E-state index in [1.54, 1.807) is 16.6 Å². The van der Waals surface area contributed by atoms with Crippen LogP contribution in [0.25, 0.3) is 10.1 Å². The van der Waals surface area contributed by atoms with Crippen molar-refractivity contribution >= 4 is 61.1 Å². The largest absolute Gasteiger partial charge is 0.334 e. The van der Waals surface area contributed by atoms with Gasteiger partial charge in [0.05, 0.1) is 11.7 Å². The lowest BCUT2D eigenvalue weighted by Crippen LogP contribution is -2.61. The fraction of sp³-hybridized carbons (Fsp3) is 0.500. The Hall–Kier alpha value is -4.28. The minimum Gasteiger partial charge on any atom is -0.334 e. The number of hydrogen-bond acceptors (Lipinski definition) is 3. The van der Waals surface area contributed by atoms with Crippen molar-refractivity contribution in [3.63, 3.8) is 0 Å². The Labute approximate surface area is 416 Å². The van der Waals surface area contributed by atoms with Gasteiger partial charge in [-0.3, -0.25) is 0 Å². The number of thiophene rings is 1. The lowest BCUT2D eigenvalue weighted by Gasteiger charge is -2.52. The van der Waals surface area contributed by atoms with E-state index in [4.69, 9.17) is 0 Å². The van der Waals surface area contributed by atoms with Gasteiger partial charge in [-0.2, -0.15) is 0 Å². The van der Waals surface area contributed by atoms with Crippen molar-refractivity contribution in [2.75, 3.05) is 9.80 Å². The van der Waals surface area contributed by atoms with Crippen molar-refractivity contribution in [3.8, 4) is 0 Å². The summed E-state index contributed by atoms with van der Waals surface area (Å²) in [6.45, 7) is 43.8. The van der Waals surface area contributed by atoms with Gasteiger partial charge in [0.1, 0.15) is 0 Å². The highest BCUT2D eigenvalue weighted by Gasteiger charge is 2.53. The third kappa shape index (κ3) is 7.63. The third-order valence-electron chi connectivity index (χ3n) is 17.2. The Kier molecular flexibility index (Phi) is 10.9. The summed E-state index contributed by atoms with van der Waals surface area (Å²) in [7, 11) is 0. The number of hydrogen-bond donors (Lipinski definition) is 0. The fourth-order valence-electron chi connectivity index (χ4n) is 13.3. The molecule has 0 fully saturated rings. The van der Waals surface area contributed by atoms with Crippen molar-refractivity contribution in [1.82, 2.24) is 0 Å². The monoisotopic (exact) mass is 921 g/mol. The summed E-state index contributed by atoms with van der Waals surface area (Å²) in [5, 5.41) is 1.41. The first-order valence-corrected chi connectivity index (χ1v) is 27.1. The predicted octanol–water partition coefficient (Wildman–Crippen LogP) is 17.1. The lowest BCUT2D eigenvalue weighted by atomic mass is 9.33. The van der Waals surface area contributed by atoms with Gasteiger partial charge in [-0.25, -0.2) is 0 Å². The SMILES string of the molecule is CC1=CC2=C3B(c4ccc5c(c4N2c2ccc(C(C)(C)C)cc2C2CC=C(C(C)(C)C)[C@H](C)C2)C(C)(C)CCC5(C)C)c2sc4ccc(C(C)(C)C)cc4c2N(c2ccc(C(C)(C)C)cc2)C3C1. The highest BCUT2D eigenvalue weighted by Crippen LogP contribution is 2.57. The van der Waals surface area contributed by atoms with Crippen LogP contribution in [0, 0.1) is 11.3 Å². The Morgan fingerprint density at radius 3 is 1.93 bits per heavy atom. The molecule has 0 saturated heterocycles. The average Bonchev–Trinajstić information content (AvgIpc) is 3.62. The summed E-state index contributed by atoms with van der Waals surface area (Å²) in [5.74, 6) is 0.944. The van der Waals surface area contributed by atoms with E-state index < -0.39 is 0 Å². The van der Waals surface area contributed by atoms with Gasteiger partial charge < -0.3 is 9.80 Å². The first-order chi connectivity index (χ1) is 31.6. The highest BCUT2D eigenvalue weighted by molar-refractivity contribution is 7.32. The predicted molar refractivity (Wildman–Crippen MR) is 300 cm³/mol. The van der Waals surface area contributed by atoms with Crippen molar-refractivity contribution in [3.05, 3.63) is 141 Å². The first kappa shape index (κ1) is 47.4. The van der Waals surface area contributed by atoms with Crippen LogP contribution < -0.4 is 20.0 Å². The van der Waals surface area contributed by atoms with Crippen LogP contribution in [0.5, 0.6) is 0 Å². The van der Waals surface area contributed by atoms with E-state index in [0.717, 1.165) is 12.8 Å². The zero-order chi connectivity index (χ0) is 49.0. The summed E-state index contributed by atoms with van der Waals surface area (Å²) in [5.41, 5.74) is 22.3. The van der Waals surface area contributed by atoms with Gasteiger partial charge in [-0.1, -0.05) is 177 Å². The molecule has 5 aliphatic rings. The molecule has 10 rings (SSSR count). The molecule has 4 aromatic carbocycles. The number of nitrogens with zero attached hydrogens (tertiary/aromatic N) is 2. The van der Waals surface area contributed by atoms with E-state index in [-0.39, 0.29) is 45.2 Å². The van der Waals surface area contributed by atoms with Crippen LogP contribution in [0.15, 0.2) is 107 Å². The summed E-state index contributed by atoms with van der Waals surface area (Å²) in [4.78, 5) is 5.69. The van der Waals surface area contributed by atoms with Crippen LogP contribution in [0.2, 0.25) is 0 Å². The molecule has 1 aromatic heterocycles. The molecule has 3 heterocycles. The van der Waals surface area contributed by atoms with E-state index in [9.17, 15) is 0 Å². The zero-order valence-corrected chi connectivity index (χ0v) is 46.0. The van der Waals surface area contributed by atoms with Crippen molar-refractivity contribution in [2.24, 2.45) is 11.3 Å². The molecule has 0 N–H and O–H groups in total. The summed E-state index contributed by atoms with van der Waals surface area (Å²) in [6, 6.07) is 30.2. The number of anilines is 4. The molecule has 2 aliphatic heterocycles. The highest BCUT2D eigenvalue weighted by atomic mass is 32.1. The van der Waals surface area contributed by atoms with Gasteiger partial charge in [-0.05, 0) is 164 Å². The minimum absolute atomic E-state index is 0.00530. The maximum absolute atomic E-state index is 2.88. The molecule has 0 bridgehead atoms. The molecule has 3 aliphatic carbocycles. The van der Waals surface area contributed by atoms with Crippen LogP contribution in [-0.4, -0.2) is 12.8 Å². The molecule has 2 unspecified atom stereocenters. The maximum Gasteiger partial charge on any atom is 0.259 e. The molecule has 0 saturated carbocycles. The van der Waals surface area contributed by atoms with Crippen LogP contribution in [0.3, 0.4) is 0 Å². The molecule has 4 heteroatoms. The topological polar surface area (TPSA) is 6.48 Å². The van der Waals surface area contributed by atoms with Gasteiger partial charge in [0.25, 0.3) is 6.71 Å². The van der Waals surface area contributed by atoms with Crippen molar-refractivity contribution in [2.45, 2.75) is 196 Å². The fourth-order valence-corrected chi connectivity index (χ4v) is 14.6. The van der Waals surface area contributed by atoms with E-state index in [0.29, 0.717) is 11.8 Å². The second-order valence-electron chi connectivity index (χ2n) is 27.5. The van der Waals surface area contributed by atoms with Gasteiger partial charge in [-0.15, -0.1) is 11.3 Å². The van der Waals surface area contributed by atoms with Gasteiger partial charge in [0, 0.05) is 37.6 Å². The molecule has 68 heavy (non-hydrogen) atoms. The van der Waals surface area contributed by atoms with Crippen LogP contribution in [0.1, 0.15) is 196 Å². The normalized spacial score (nSPS) is 22.4. The maximum atomic E-state index is 2.88. The van der Waals surface area contributed by atoms with Gasteiger partial charge in [0.2, 0.25) is 0 Å². The minimum atomic E-state index is -0.00530. The van der Waals surface area contributed by atoms with E-state index >= 15 is 0 Å². The zero-order valence-electron chi connectivity index (χ0n) is 45.2. The Morgan fingerprint density at radius 2 is 1.29 bits per heavy atom. The third-order valence-corrected chi connectivity index (χ3v) is 18.5. The smallest absolute Gasteiger partial charge is 0.259 e. The molecular formula is C64H81BN2S. The molecule has 3 atom stereocenters. The number of allylic oxidation sites excluding steroid dienone is 3. The standard InChI is InChI=1S/C64H81BN2S/c1-38-33-51-55-52(34-38)67(50-29-22-42(60(6,7)8)36-45(50)40-19-26-47(39(2)35-40)62(12,13)14)57-49(28-27-48-54(57)64(17,18)32-31-63(48,15)16)65(55)58-56(46-37-43(61(9,10)11)23-30-53(46)68-58)66(51)44-24-20-41(21-25-44)59(3,4)5/h20-30,34,36-37,39-40,51H,19,31-33,35H2,1-18H3/t39-,40?,51?/m1/s1. The molecule has 0 spiro atoms. The van der Waals surface area contributed by atoms with Gasteiger partial charge in [0.15, 0.2) is 0 Å². The van der Waals surface area contributed by atoms with Gasteiger partial charge >= 0.3 is 0 Å². The Morgan fingerprint density at radius 1 is 0.676 bits per heavy atom. The van der Waals surface area contributed by atoms with Crippen LogP contribution >= 0.6 is 11.3 Å². The molecule has 356 valence electrons. The van der Waals surface area contributed by atoms with E-state index in [1.165, 1.54) is 101 Å². The molecule has 5 aromatic rings. The second-order valence-corrected chi connectivity index (χ2v) is 28.5. The van der Waals surface area contributed by atoms with Crippen LogP contribution in [-0.2, 0) is 27.1 Å². The van der Waals surface area contributed by atoms with Crippen molar-refractivity contribution in [1.29, 1.82) is 0 Å².